The number of rotatable bonds is 6. The molecule has 0 aromatic carbocycles. The van der Waals surface area contributed by atoms with Gasteiger partial charge in [-0.3, -0.25) is 14.4 Å². The molecule has 0 bridgehead atoms. The molecule has 0 aliphatic carbocycles. The van der Waals surface area contributed by atoms with E-state index in [-0.39, 0.29) is 18.4 Å². The molecule has 0 spiro atoms. The molecule has 6 nitrogen and oxygen atoms in total. The molecular weight excluding hydrogens is 236 g/mol. The highest BCUT2D eigenvalue weighted by atomic mass is 16.5. The quantitative estimate of drug-likeness (QED) is 0.682. The molecular formula is C12H20N2O4. The maximum absolute atomic E-state index is 12.1. The minimum absolute atomic E-state index is 0.0487. The summed E-state index contributed by atoms with van der Waals surface area (Å²) in [5, 5.41) is 2.62. The Morgan fingerprint density at radius 3 is 2.67 bits per heavy atom. The molecule has 1 N–H and O–H groups in total. The molecule has 1 aliphatic heterocycles. The van der Waals surface area contributed by atoms with Crippen LogP contribution in [-0.2, 0) is 19.1 Å². The Labute approximate surface area is 107 Å². The summed E-state index contributed by atoms with van der Waals surface area (Å²) in [5.74, 6) is -0.722. The van der Waals surface area contributed by atoms with Crippen LogP contribution in [0, 0.1) is 0 Å². The molecule has 0 aromatic heterocycles. The summed E-state index contributed by atoms with van der Waals surface area (Å²) < 4.78 is 4.83. The second-order valence-corrected chi connectivity index (χ2v) is 4.22. The SMILES string of the molecule is CCCN(CC(=O)OCC)C(=O)[C@H]1CCC(=O)N1. The fourth-order valence-electron chi connectivity index (χ4n) is 1.92. The van der Waals surface area contributed by atoms with Crippen molar-refractivity contribution in [1.29, 1.82) is 0 Å². The molecule has 1 rings (SSSR count). The molecule has 1 aliphatic rings. The van der Waals surface area contributed by atoms with E-state index in [4.69, 9.17) is 4.74 Å². The van der Waals surface area contributed by atoms with Gasteiger partial charge < -0.3 is 15.0 Å². The summed E-state index contributed by atoms with van der Waals surface area (Å²) in [5.41, 5.74) is 0. The summed E-state index contributed by atoms with van der Waals surface area (Å²) in [6.45, 7) is 4.39. The number of hydrogen-bond acceptors (Lipinski definition) is 4. The van der Waals surface area contributed by atoms with Crippen LogP contribution in [0.15, 0.2) is 0 Å². The average molecular weight is 256 g/mol. The van der Waals surface area contributed by atoms with Crippen LogP contribution in [0.25, 0.3) is 0 Å². The third-order valence-electron chi connectivity index (χ3n) is 2.72. The molecule has 0 unspecified atom stereocenters. The lowest BCUT2D eigenvalue weighted by Gasteiger charge is -2.24. The van der Waals surface area contributed by atoms with Gasteiger partial charge in [0.15, 0.2) is 0 Å². The topological polar surface area (TPSA) is 75.7 Å². The number of carbonyl (C=O) groups excluding carboxylic acids is 3. The lowest BCUT2D eigenvalue weighted by atomic mass is 10.2. The minimum Gasteiger partial charge on any atom is -0.465 e. The summed E-state index contributed by atoms with van der Waals surface area (Å²) in [7, 11) is 0. The number of ether oxygens (including phenoxy) is 1. The first-order valence-corrected chi connectivity index (χ1v) is 6.32. The van der Waals surface area contributed by atoms with Gasteiger partial charge in [0.25, 0.3) is 0 Å². The Morgan fingerprint density at radius 2 is 2.17 bits per heavy atom. The first-order valence-electron chi connectivity index (χ1n) is 6.32. The van der Waals surface area contributed by atoms with E-state index in [1.54, 1.807) is 6.92 Å². The second-order valence-electron chi connectivity index (χ2n) is 4.22. The summed E-state index contributed by atoms with van der Waals surface area (Å²) in [6, 6.07) is -0.488. The molecule has 2 amide bonds. The third kappa shape index (κ3) is 4.01. The monoisotopic (exact) mass is 256 g/mol. The summed E-state index contributed by atoms with van der Waals surface area (Å²) in [6.07, 6.45) is 1.63. The molecule has 1 saturated heterocycles. The van der Waals surface area contributed by atoms with Crippen LogP contribution in [0.4, 0.5) is 0 Å². The maximum atomic E-state index is 12.1. The van der Waals surface area contributed by atoms with Gasteiger partial charge in [-0.2, -0.15) is 0 Å². The highest BCUT2D eigenvalue weighted by Gasteiger charge is 2.31. The van der Waals surface area contributed by atoms with Crippen molar-refractivity contribution in [3.63, 3.8) is 0 Å². The smallest absolute Gasteiger partial charge is 0.325 e. The van der Waals surface area contributed by atoms with Crippen molar-refractivity contribution in [2.75, 3.05) is 19.7 Å². The normalized spacial score (nSPS) is 18.3. The first kappa shape index (κ1) is 14.5. The molecule has 18 heavy (non-hydrogen) atoms. The Morgan fingerprint density at radius 1 is 1.44 bits per heavy atom. The fourth-order valence-corrected chi connectivity index (χ4v) is 1.92. The van der Waals surface area contributed by atoms with Gasteiger partial charge in [0.1, 0.15) is 12.6 Å². The molecule has 1 heterocycles. The van der Waals surface area contributed by atoms with E-state index in [9.17, 15) is 14.4 Å². The maximum Gasteiger partial charge on any atom is 0.325 e. The standard InChI is InChI=1S/C12H20N2O4/c1-3-7-14(8-11(16)18-4-2)12(17)9-5-6-10(15)13-9/h9H,3-8H2,1-2H3,(H,13,15)/t9-/m1/s1. The second kappa shape index (κ2) is 6.98. The van der Waals surface area contributed by atoms with Crippen LogP contribution in [0.2, 0.25) is 0 Å². The van der Waals surface area contributed by atoms with Gasteiger partial charge in [0.05, 0.1) is 6.61 Å². The van der Waals surface area contributed by atoms with Crippen LogP contribution in [-0.4, -0.2) is 48.4 Å². The number of hydrogen-bond donors (Lipinski definition) is 1. The van der Waals surface area contributed by atoms with E-state index in [0.717, 1.165) is 6.42 Å². The van der Waals surface area contributed by atoms with Gasteiger partial charge in [-0.15, -0.1) is 0 Å². The van der Waals surface area contributed by atoms with Crippen LogP contribution in [0.5, 0.6) is 0 Å². The van der Waals surface area contributed by atoms with Crippen LogP contribution < -0.4 is 5.32 Å². The molecule has 0 radical (unpaired) electrons. The van der Waals surface area contributed by atoms with Gasteiger partial charge in [-0.25, -0.2) is 0 Å². The van der Waals surface area contributed by atoms with E-state index in [1.165, 1.54) is 4.90 Å². The lowest BCUT2D eigenvalue weighted by molar-refractivity contribution is -0.149. The number of amides is 2. The zero-order valence-electron chi connectivity index (χ0n) is 10.9. The largest absolute Gasteiger partial charge is 0.465 e. The zero-order valence-corrected chi connectivity index (χ0v) is 10.9. The molecule has 1 fully saturated rings. The van der Waals surface area contributed by atoms with E-state index >= 15 is 0 Å². The van der Waals surface area contributed by atoms with Crippen molar-refractivity contribution in [2.24, 2.45) is 0 Å². The molecule has 1 atom stereocenters. The average Bonchev–Trinajstić information content (AvgIpc) is 2.75. The minimum atomic E-state index is -0.488. The lowest BCUT2D eigenvalue weighted by Crippen LogP contribution is -2.47. The van der Waals surface area contributed by atoms with Crippen molar-refractivity contribution < 1.29 is 19.1 Å². The fraction of sp³-hybridized carbons (Fsp3) is 0.750. The molecule has 6 heteroatoms. The Hall–Kier alpha value is -1.59. The highest BCUT2D eigenvalue weighted by Crippen LogP contribution is 2.10. The van der Waals surface area contributed by atoms with Gasteiger partial charge >= 0.3 is 5.97 Å². The predicted molar refractivity (Wildman–Crippen MR) is 64.7 cm³/mol. The van der Waals surface area contributed by atoms with E-state index in [1.807, 2.05) is 6.92 Å². The van der Waals surface area contributed by atoms with E-state index in [2.05, 4.69) is 5.32 Å². The van der Waals surface area contributed by atoms with E-state index < -0.39 is 12.0 Å². The molecule has 102 valence electrons. The van der Waals surface area contributed by atoms with E-state index in [0.29, 0.717) is 26.0 Å². The third-order valence-corrected chi connectivity index (χ3v) is 2.72. The Balaban J connectivity index is 2.57. The number of carbonyl (C=O) groups is 3. The number of nitrogens with zero attached hydrogens (tertiary/aromatic N) is 1. The van der Waals surface area contributed by atoms with Crippen molar-refractivity contribution >= 4 is 17.8 Å². The van der Waals surface area contributed by atoms with Crippen molar-refractivity contribution in [1.82, 2.24) is 10.2 Å². The van der Waals surface area contributed by atoms with Crippen molar-refractivity contribution in [3.8, 4) is 0 Å². The van der Waals surface area contributed by atoms with Crippen molar-refractivity contribution in [3.05, 3.63) is 0 Å². The van der Waals surface area contributed by atoms with Crippen LogP contribution in [0.3, 0.4) is 0 Å². The number of esters is 1. The number of nitrogens with one attached hydrogen (secondary N) is 1. The van der Waals surface area contributed by atoms with Gasteiger partial charge in [0, 0.05) is 13.0 Å². The van der Waals surface area contributed by atoms with Gasteiger partial charge in [0.2, 0.25) is 11.8 Å². The van der Waals surface area contributed by atoms with Gasteiger partial charge in [-0.1, -0.05) is 6.92 Å². The van der Waals surface area contributed by atoms with Gasteiger partial charge in [-0.05, 0) is 19.8 Å². The predicted octanol–water partition coefficient (Wildman–Crippen LogP) is 0.0667. The Bertz CT molecular complexity index is 330. The Kier molecular flexibility index (Phi) is 5.61. The zero-order chi connectivity index (χ0) is 13.5. The highest BCUT2D eigenvalue weighted by molar-refractivity contribution is 5.92. The first-order chi connectivity index (χ1) is 8.58. The summed E-state index contributed by atoms with van der Waals surface area (Å²) in [4.78, 5) is 36.1. The molecule has 0 aromatic rings. The molecule has 0 saturated carbocycles. The van der Waals surface area contributed by atoms with Crippen LogP contribution in [0.1, 0.15) is 33.1 Å². The van der Waals surface area contributed by atoms with Crippen molar-refractivity contribution in [2.45, 2.75) is 39.2 Å². The van der Waals surface area contributed by atoms with Crippen LogP contribution >= 0.6 is 0 Å². The summed E-state index contributed by atoms with van der Waals surface area (Å²) >= 11 is 0.